The SMILES string of the molecule is CC(CO)CNC(=O)c1c[nH]c2cccc(F)c12. The van der Waals surface area contributed by atoms with Gasteiger partial charge in [-0.3, -0.25) is 4.79 Å². The summed E-state index contributed by atoms with van der Waals surface area (Å²) in [6, 6.07) is 4.62. The molecule has 2 aromatic rings. The number of amides is 1. The number of nitrogens with one attached hydrogen (secondary N) is 2. The second-order valence-electron chi connectivity index (χ2n) is 4.36. The van der Waals surface area contributed by atoms with Gasteiger partial charge in [0.05, 0.1) is 5.56 Å². The summed E-state index contributed by atoms with van der Waals surface area (Å²) in [5.41, 5.74) is 0.878. The molecule has 1 heterocycles. The zero-order valence-electron chi connectivity index (χ0n) is 10.0. The molecule has 1 atom stereocenters. The number of halogens is 1. The van der Waals surface area contributed by atoms with Crippen LogP contribution in [0.4, 0.5) is 4.39 Å². The molecule has 1 unspecified atom stereocenters. The fraction of sp³-hybridized carbons (Fsp3) is 0.308. The number of fused-ring (bicyclic) bond motifs is 1. The van der Waals surface area contributed by atoms with Crippen molar-refractivity contribution in [3.05, 3.63) is 35.8 Å². The number of rotatable bonds is 4. The Labute approximate surface area is 104 Å². The number of hydrogen-bond acceptors (Lipinski definition) is 2. The molecule has 0 bridgehead atoms. The van der Waals surface area contributed by atoms with Crippen molar-refractivity contribution in [3.8, 4) is 0 Å². The van der Waals surface area contributed by atoms with Crippen molar-refractivity contribution in [2.45, 2.75) is 6.92 Å². The van der Waals surface area contributed by atoms with E-state index in [1.807, 2.05) is 6.92 Å². The Balaban J connectivity index is 2.23. The molecule has 1 amide bonds. The molecular formula is C13H15FN2O2. The van der Waals surface area contributed by atoms with E-state index in [0.717, 1.165) is 0 Å². The molecule has 0 aliphatic carbocycles. The minimum Gasteiger partial charge on any atom is -0.396 e. The Morgan fingerprint density at radius 2 is 2.33 bits per heavy atom. The van der Waals surface area contributed by atoms with Crippen LogP contribution in [0.1, 0.15) is 17.3 Å². The second kappa shape index (κ2) is 5.18. The Hall–Kier alpha value is -1.88. The molecule has 1 aromatic heterocycles. The Kier molecular flexibility index (Phi) is 3.62. The maximum absolute atomic E-state index is 13.7. The van der Waals surface area contributed by atoms with Crippen LogP contribution in [0, 0.1) is 11.7 Å². The van der Waals surface area contributed by atoms with Crippen molar-refractivity contribution in [1.29, 1.82) is 0 Å². The molecule has 0 fully saturated rings. The standard InChI is InChI=1S/C13H15FN2O2/c1-8(7-17)5-16-13(18)9-6-15-11-4-2-3-10(14)12(9)11/h2-4,6,8,15,17H,5,7H2,1H3,(H,16,18). The van der Waals surface area contributed by atoms with Gasteiger partial charge in [0.25, 0.3) is 5.91 Å². The number of carbonyl (C=O) groups excluding carboxylic acids is 1. The van der Waals surface area contributed by atoms with E-state index in [2.05, 4.69) is 10.3 Å². The van der Waals surface area contributed by atoms with Crippen molar-refractivity contribution in [3.63, 3.8) is 0 Å². The molecule has 3 N–H and O–H groups in total. The van der Waals surface area contributed by atoms with Crippen LogP contribution in [0.25, 0.3) is 10.9 Å². The van der Waals surface area contributed by atoms with Crippen molar-refractivity contribution in [1.82, 2.24) is 10.3 Å². The first kappa shape index (κ1) is 12.6. The number of benzene rings is 1. The van der Waals surface area contributed by atoms with E-state index < -0.39 is 5.82 Å². The highest BCUT2D eigenvalue weighted by atomic mass is 19.1. The molecular weight excluding hydrogens is 235 g/mol. The number of aliphatic hydroxyl groups is 1. The fourth-order valence-corrected chi connectivity index (χ4v) is 1.75. The van der Waals surface area contributed by atoms with Gasteiger partial charge in [-0.1, -0.05) is 13.0 Å². The van der Waals surface area contributed by atoms with Crippen LogP contribution >= 0.6 is 0 Å². The summed E-state index contributed by atoms with van der Waals surface area (Å²) in [4.78, 5) is 14.8. The van der Waals surface area contributed by atoms with Gasteiger partial charge in [-0.15, -0.1) is 0 Å². The molecule has 18 heavy (non-hydrogen) atoms. The van der Waals surface area contributed by atoms with Crippen molar-refractivity contribution < 1.29 is 14.3 Å². The van der Waals surface area contributed by atoms with Gasteiger partial charge in [-0.05, 0) is 18.1 Å². The van der Waals surface area contributed by atoms with Crippen LogP contribution in [0.3, 0.4) is 0 Å². The first-order valence-corrected chi connectivity index (χ1v) is 5.78. The first-order chi connectivity index (χ1) is 8.63. The zero-order chi connectivity index (χ0) is 13.1. The third kappa shape index (κ3) is 2.36. The fourth-order valence-electron chi connectivity index (χ4n) is 1.75. The summed E-state index contributed by atoms with van der Waals surface area (Å²) in [6.07, 6.45) is 1.49. The van der Waals surface area contributed by atoms with E-state index in [-0.39, 0.29) is 24.0 Å². The Morgan fingerprint density at radius 1 is 1.56 bits per heavy atom. The average molecular weight is 250 g/mol. The number of aliphatic hydroxyl groups excluding tert-OH is 1. The number of aromatic nitrogens is 1. The van der Waals surface area contributed by atoms with E-state index >= 15 is 0 Å². The molecule has 0 radical (unpaired) electrons. The first-order valence-electron chi connectivity index (χ1n) is 5.78. The molecule has 0 aliphatic rings. The molecule has 0 saturated heterocycles. The highest BCUT2D eigenvalue weighted by molar-refractivity contribution is 6.06. The van der Waals surface area contributed by atoms with Crippen LogP contribution in [-0.4, -0.2) is 29.1 Å². The lowest BCUT2D eigenvalue weighted by molar-refractivity contribution is 0.0944. The van der Waals surface area contributed by atoms with Gasteiger partial charge >= 0.3 is 0 Å². The third-order valence-electron chi connectivity index (χ3n) is 2.82. The van der Waals surface area contributed by atoms with Crippen LogP contribution in [0.2, 0.25) is 0 Å². The van der Waals surface area contributed by atoms with Gasteiger partial charge < -0.3 is 15.4 Å². The van der Waals surface area contributed by atoms with Crippen LogP contribution in [-0.2, 0) is 0 Å². The Morgan fingerprint density at radius 3 is 3.06 bits per heavy atom. The average Bonchev–Trinajstić information content (AvgIpc) is 2.81. The molecule has 96 valence electrons. The van der Waals surface area contributed by atoms with Gasteiger partial charge in [0, 0.05) is 30.3 Å². The number of H-pyrrole nitrogens is 1. The molecule has 0 saturated carbocycles. The molecule has 1 aromatic carbocycles. The van der Waals surface area contributed by atoms with Crippen molar-refractivity contribution >= 4 is 16.8 Å². The van der Waals surface area contributed by atoms with Crippen molar-refractivity contribution in [2.24, 2.45) is 5.92 Å². The largest absolute Gasteiger partial charge is 0.396 e. The molecule has 0 aliphatic heterocycles. The predicted molar refractivity (Wildman–Crippen MR) is 66.8 cm³/mol. The van der Waals surface area contributed by atoms with Crippen LogP contribution in [0.5, 0.6) is 0 Å². The molecule has 0 spiro atoms. The summed E-state index contributed by atoms with van der Waals surface area (Å²) >= 11 is 0. The van der Waals surface area contributed by atoms with E-state index in [1.54, 1.807) is 12.1 Å². The topological polar surface area (TPSA) is 65.1 Å². The van der Waals surface area contributed by atoms with Crippen LogP contribution < -0.4 is 5.32 Å². The maximum atomic E-state index is 13.7. The zero-order valence-corrected chi connectivity index (χ0v) is 10.0. The predicted octanol–water partition coefficient (Wildman–Crippen LogP) is 1.67. The lowest BCUT2D eigenvalue weighted by atomic mass is 10.1. The quantitative estimate of drug-likeness (QED) is 0.772. The highest BCUT2D eigenvalue weighted by Crippen LogP contribution is 2.21. The lowest BCUT2D eigenvalue weighted by Gasteiger charge is -2.09. The van der Waals surface area contributed by atoms with E-state index in [4.69, 9.17) is 5.11 Å². The van der Waals surface area contributed by atoms with Crippen LogP contribution in [0.15, 0.2) is 24.4 Å². The number of carbonyl (C=O) groups is 1. The molecule has 2 rings (SSSR count). The second-order valence-corrected chi connectivity index (χ2v) is 4.36. The van der Waals surface area contributed by atoms with Gasteiger partial charge in [-0.25, -0.2) is 4.39 Å². The summed E-state index contributed by atoms with van der Waals surface area (Å²) in [5.74, 6) is -0.787. The van der Waals surface area contributed by atoms with Crippen molar-refractivity contribution in [2.75, 3.05) is 13.2 Å². The number of aromatic amines is 1. The van der Waals surface area contributed by atoms with Gasteiger partial charge in [-0.2, -0.15) is 0 Å². The molecule has 5 heteroatoms. The highest BCUT2D eigenvalue weighted by Gasteiger charge is 2.15. The maximum Gasteiger partial charge on any atom is 0.253 e. The summed E-state index contributed by atoms with van der Waals surface area (Å²) in [6.45, 7) is 2.18. The van der Waals surface area contributed by atoms with Gasteiger partial charge in [0.1, 0.15) is 5.82 Å². The van der Waals surface area contributed by atoms with E-state index in [1.165, 1.54) is 12.3 Å². The normalized spacial score (nSPS) is 12.6. The molecule has 4 nitrogen and oxygen atoms in total. The van der Waals surface area contributed by atoms with Gasteiger partial charge in [0.15, 0.2) is 0 Å². The smallest absolute Gasteiger partial charge is 0.253 e. The minimum absolute atomic E-state index is 0.00251. The monoisotopic (exact) mass is 250 g/mol. The van der Waals surface area contributed by atoms with E-state index in [9.17, 15) is 9.18 Å². The third-order valence-corrected chi connectivity index (χ3v) is 2.82. The summed E-state index contributed by atoms with van der Waals surface area (Å²) in [7, 11) is 0. The minimum atomic E-state index is -0.422. The summed E-state index contributed by atoms with van der Waals surface area (Å²) in [5, 5.41) is 11.8. The number of hydrogen-bond donors (Lipinski definition) is 3. The lowest BCUT2D eigenvalue weighted by Crippen LogP contribution is -2.29. The van der Waals surface area contributed by atoms with Gasteiger partial charge in [0.2, 0.25) is 0 Å². The van der Waals surface area contributed by atoms with E-state index in [0.29, 0.717) is 17.4 Å². The Bertz CT molecular complexity index is 565. The summed E-state index contributed by atoms with van der Waals surface area (Å²) < 4.78 is 13.7.